The van der Waals surface area contributed by atoms with Crippen LogP contribution in [0.2, 0.25) is 0 Å². The fourth-order valence-electron chi connectivity index (χ4n) is 5.84. The van der Waals surface area contributed by atoms with E-state index in [-0.39, 0.29) is 0 Å². The summed E-state index contributed by atoms with van der Waals surface area (Å²) in [5.74, 6) is 0. The van der Waals surface area contributed by atoms with Crippen LogP contribution in [-0.2, 0) is 12.8 Å². The second kappa shape index (κ2) is 5.38. The highest BCUT2D eigenvalue weighted by atomic mass is 15.0. The van der Waals surface area contributed by atoms with E-state index in [1.165, 1.54) is 60.7 Å². The van der Waals surface area contributed by atoms with E-state index < -0.39 is 0 Å². The Hall–Kier alpha value is -3.98. The maximum absolute atomic E-state index is 4.72. The fourth-order valence-corrected chi connectivity index (χ4v) is 5.84. The molecule has 0 spiro atoms. The molecule has 0 aliphatic heterocycles. The van der Waals surface area contributed by atoms with E-state index >= 15 is 0 Å². The molecule has 6 aromatic rings. The zero-order valence-corrected chi connectivity index (χ0v) is 16.8. The van der Waals surface area contributed by atoms with Gasteiger partial charge in [-0.25, -0.2) is 9.97 Å². The topological polar surface area (TPSA) is 30.2 Å². The van der Waals surface area contributed by atoms with Crippen LogP contribution in [0.3, 0.4) is 0 Å². The Morgan fingerprint density at radius 3 is 2.39 bits per heavy atom. The summed E-state index contributed by atoms with van der Waals surface area (Å²) in [5, 5.41) is 3.66. The van der Waals surface area contributed by atoms with Crippen molar-refractivity contribution in [3.8, 4) is 22.3 Å². The first-order valence-electron chi connectivity index (χ1n) is 10.8. The second-order valence-electron chi connectivity index (χ2n) is 8.69. The van der Waals surface area contributed by atoms with Crippen LogP contribution in [0.5, 0.6) is 0 Å². The third kappa shape index (κ3) is 1.89. The van der Waals surface area contributed by atoms with Crippen LogP contribution >= 0.6 is 0 Å². The number of pyridine rings is 2. The van der Waals surface area contributed by atoms with Gasteiger partial charge in [0.25, 0.3) is 0 Å². The fraction of sp³-hybridized carbons (Fsp3) is 0.0714. The number of hydrogen-bond acceptors (Lipinski definition) is 2. The molecule has 0 radical (unpaired) electrons. The van der Waals surface area contributed by atoms with Crippen molar-refractivity contribution < 1.29 is 0 Å². The Bertz CT molecular complexity index is 1740. The molecule has 0 amide bonds. The van der Waals surface area contributed by atoms with Gasteiger partial charge in [0.1, 0.15) is 11.3 Å². The maximum Gasteiger partial charge on any atom is 0.146 e. The second-order valence-corrected chi connectivity index (χ2v) is 8.69. The lowest BCUT2D eigenvalue weighted by molar-refractivity contribution is 1.20. The molecule has 0 unspecified atom stereocenters. The molecule has 2 aliphatic carbocycles. The zero-order valence-electron chi connectivity index (χ0n) is 16.8. The van der Waals surface area contributed by atoms with E-state index in [0.717, 1.165) is 24.1 Å². The van der Waals surface area contributed by atoms with Gasteiger partial charge in [0, 0.05) is 34.7 Å². The predicted octanol–water partition coefficient (Wildman–Crippen LogP) is 6.18. The molecule has 0 N–H and O–H groups in total. The molecular formula is C28H17N3. The molecule has 31 heavy (non-hydrogen) atoms. The summed E-state index contributed by atoms with van der Waals surface area (Å²) < 4.78 is 2.11. The maximum atomic E-state index is 4.72. The largest absolute Gasteiger partial charge is 0.283 e. The number of rotatable bonds is 0. The lowest BCUT2D eigenvalue weighted by Gasteiger charge is -2.13. The Labute approximate surface area is 178 Å². The molecule has 0 saturated carbocycles. The van der Waals surface area contributed by atoms with Gasteiger partial charge in [0.05, 0.1) is 0 Å². The summed E-state index contributed by atoms with van der Waals surface area (Å²) in [6, 6.07) is 22.5. The molecule has 144 valence electrons. The number of fused-ring (bicyclic) bond motifs is 13. The van der Waals surface area contributed by atoms with Gasteiger partial charge < -0.3 is 0 Å². The van der Waals surface area contributed by atoms with Crippen molar-refractivity contribution >= 4 is 27.5 Å². The zero-order chi connectivity index (χ0) is 20.1. The third-order valence-corrected chi connectivity index (χ3v) is 7.13. The van der Waals surface area contributed by atoms with E-state index in [9.17, 15) is 0 Å². The molecule has 3 nitrogen and oxygen atoms in total. The summed E-state index contributed by atoms with van der Waals surface area (Å²) in [4.78, 5) is 9.41. The minimum absolute atomic E-state index is 0.968. The van der Waals surface area contributed by atoms with Crippen LogP contribution in [0.4, 0.5) is 0 Å². The molecular weight excluding hydrogens is 378 g/mol. The molecule has 3 heteroatoms. The van der Waals surface area contributed by atoms with Crippen LogP contribution in [-0.4, -0.2) is 14.4 Å². The van der Waals surface area contributed by atoms with E-state index in [1.807, 2.05) is 24.7 Å². The van der Waals surface area contributed by atoms with Crippen molar-refractivity contribution in [3.63, 3.8) is 0 Å². The lowest BCUT2D eigenvalue weighted by Crippen LogP contribution is -1.94. The third-order valence-electron chi connectivity index (χ3n) is 7.13. The summed E-state index contributed by atoms with van der Waals surface area (Å²) in [5.41, 5.74) is 13.2. The van der Waals surface area contributed by atoms with Gasteiger partial charge >= 0.3 is 0 Å². The molecule has 0 saturated heterocycles. The van der Waals surface area contributed by atoms with Gasteiger partial charge in [0.15, 0.2) is 0 Å². The average molecular weight is 395 g/mol. The van der Waals surface area contributed by atoms with E-state index in [0.29, 0.717) is 0 Å². The Morgan fingerprint density at radius 2 is 1.42 bits per heavy atom. The van der Waals surface area contributed by atoms with Crippen molar-refractivity contribution in [1.29, 1.82) is 0 Å². The summed E-state index contributed by atoms with van der Waals surface area (Å²) >= 11 is 0. The van der Waals surface area contributed by atoms with Crippen LogP contribution in [0.25, 0.3) is 49.7 Å². The van der Waals surface area contributed by atoms with Crippen LogP contribution < -0.4 is 0 Å². The highest BCUT2D eigenvalue weighted by Crippen LogP contribution is 2.48. The average Bonchev–Trinajstić information content (AvgIpc) is 3.52. The van der Waals surface area contributed by atoms with Gasteiger partial charge in [0.2, 0.25) is 0 Å². The number of benzene rings is 3. The van der Waals surface area contributed by atoms with Gasteiger partial charge in [-0.3, -0.25) is 4.40 Å². The van der Waals surface area contributed by atoms with Crippen LogP contribution in [0, 0.1) is 0 Å². The van der Waals surface area contributed by atoms with Gasteiger partial charge in [-0.15, -0.1) is 0 Å². The quantitative estimate of drug-likeness (QED) is 0.287. The molecule has 0 fully saturated rings. The number of imidazole rings is 1. The Kier molecular flexibility index (Phi) is 2.74. The van der Waals surface area contributed by atoms with Crippen molar-refractivity contribution in [2.75, 3.05) is 0 Å². The van der Waals surface area contributed by atoms with Gasteiger partial charge in [-0.1, -0.05) is 42.5 Å². The highest BCUT2D eigenvalue weighted by molar-refractivity contribution is 6.18. The first-order valence-corrected chi connectivity index (χ1v) is 10.8. The van der Waals surface area contributed by atoms with Crippen molar-refractivity contribution in [2.45, 2.75) is 12.8 Å². The lowest BCUT2D eigenvalue weighted by atomic mass is 9.93. The molecule has 0 atom stereocenters. The van der Waals surface area contributed by atoms with Crippen molar-refractivity contribution in [1.82, 2.24) is 14.4 Å². The standard InChI is InChI=1S/C28H17N3/c1-2-5-20-16(4-1)12-18-14-19-13-17-7-8-22-26(25(17)24(19)15-23(18)20)21-6-3-9-29-27(21)31-11-10-30-28(22)31/h1-11,14-15H,12-13H2. The molecule has 2 aliphatic rings. The van der Waals surface area contributed by atoms with E-state index in [1.54, 1.807) is 0 Å². The minimum Gasteiger partial charge on any atom is -0.283 e. The normalized spacial score (nSPS) is 13.5. The summed E-state index contributed by atoms with van der Waals surface area (Å²) in [7, 11) is 0. The Balaban J connectivity index is 1.54. The first-order chi connectivity index (χ1) is 15.4. The number of aromatic nitrogens is 3. The van der Waals surface area contributed by atoms with Crippen LogP contribution in [0.1, 0.15) is 22.3 Å². The van der Waals surface area contributed by atoms with Gasteiger partial charge in [-0.05, 0) is 75.5 Å². The van der Waals surface area contributed by atoms with Crippen molar-refractivity contribution in [3.05, 3.63) is 102 Å². The molecule has 3 aromatic heterocycles. The monoisotopic (exact) mass is 395 g/mol. The van der Waals surface area contributed by atoms with Crippen LogP contribution in [0.15, 0.2) is 79.3 Å². The molecule has 3 aromatic carbocycles. The summed E-state index contributed by atoms with van der Waals surface area (Å²) in [6.07, 6.45) is 7.78. The molecule has 8 rings (SSSR count). The molecule has 3 heterocycles. The van der Waals surface area contributed by atoms with Crippen molar-refractivity contribution in [2.24, 2.45) is 0 Å². The highest BCUT2D eigenvalue weighted by Gasteiger charge is 2.27. The smallest absolute Gasteiger partial charge is 0.146 e. The minimum atomic E-state index is 0.968. The number of hydrogen-bond donors (Lipinski definition) is 0. The molecule has 0 bridgehead atoms. The van der Waals surface area contributed by atoms with Gasteiger partial charge in [-0.2, -0.15) is 0 Å². The Morgan fingerprint density at radius 1 is 0.613 bits per heavy atom. The predicted molar refractivity (Wildman–Crippen MR) is 124 cm³/mol. The number of nitrogens with zero attached hydrogens (tertiary/aromatic N) is 3. The SMILES string of the molecule is c1ccc2c(c1)Cc1cc3c(cc1-2)-c1c(ccc2c1c1cccnc1n1ccnc21)C3. The van der Waals surface area contributed by atoms with E-state index in [2.05, 4.69) is 64.0 Å². The first kappa shape index (κ1) is 15.8. The van der Waals surface area contributed by atoms with E-state index in [4.69, 9.17) is 4.98 Å². The summed E-state index contributed by atoms with van der Waals surface area (Å²) in [6.45, 7) is 0.